The van der Waals surface area contributed by atoms with Gasteiger partial charge in [-0.15, -0.1) is 0 Å². The first-order valence-corrected chi connectivity index (χ1v) is 5.76. The van der Waals surface area contributed by atoms with Crippen LogP contribution in [0.2, 0.25) is 0 Å². The van der Waals surface area contributed by atoms with Gasteiger partial charge in [0.05, 0.1) is 5.69 Å². The summed E-state index contributed by atoms with van der Waals surface area (Å²) >= 11 is 0. The van der Waals surface area contributed by atoms with Crippen molar-refractivity contribution in [3.05, 3.63) is 23.8 Å². The van der Waals surface area contributed by atoms with Gasteiger partial charge in [0.2, 0.25) is 0 Å². The maximum atomic E-state index is 9.89. The zero-order valence-electron chi connectivity index (χ0n) is 9.24. The number of hydrogen-bond acceptors (Lipinski definition) is 2. The maximum Gasteiger partial charge on any atom is 0.141 e. The number of benzene rings is 1. The zero-order chi connectivity index (χ0) is 10.8. The molecule has 1 fully saturated rings. The van der Waals surface area contributed by atoms with Crippen molar-refractivity contribution < 1.29 is 5.11 Å². The lowest BCUT2D eigenvalue weighted by Gasteiger charge is -2.27. The third-order valence-electron chi connectivity index (χ3n) is 3.55. The summed E-state index contributed by atoms with van der Waals surface area (Å²) in [5, 5.41) is 9.89. The van der Waals surface area contributed by atoms with Crippen LogP contribution in [0.5, 0.6) is 5.75 Å². The van der Waals surface area contributed by atoms with E-state index in [0.29, 0.717) is 17.4 Å². The highest BCUT2D eigenvalue weighted by atomic mass is 16.3. The van der Waals surface area contributed by atoms with E-state index in [0.717, 1.165) is 11.5 Å². The van der Waals surface area contributed by atoms with Crippen molar-refractivity contribution in [2.24, 2.45) is 5.92 Å². The van der Waals surface area contributed by atoms with Crippen LogP contribution in [0.15, 0.2) is 18.2 Å². The Bertz CT molecular complexity index is 340. The molecular formula is C13H19NO. The Morgan fingerprint density at radius 2 is 1.87 bits per heavy atom. The summed E-state index contributed by atoms with van der Waals surface area (Å²) in [7, 11) is 0. The first-order valence-electron chi connectivity index (χ1n) is 5.76. The van der Waals surface area contributed by atoms with E-state index >= 15 is 0 Å². The van der Waals surface area contributed by atoms with E-state index < -0.39 is 0 Å². The van der Waals surface area contributed by atoms with Crippen LogP contribution in [-0.4, -0.2) is 5.11 Å². The lowest BCUT2D eigenvalue weighted by molar-refractivity contribution is 0.341. The van der Waals surface area contributed by atoms with Crippen molar-refractivity contribution >= 4 is 5.69 Å². The van der Waals surface area contributed by atoms with Crippen LogP contribution in [0, 0.1) is 5.92 Å². The summed E-state index contributed by atoms with van der Waals surface area (Å²) in [6.07, 6.45) is 4.88. The fraction of sp³-hybridized carbons (Fsp3) is 0.538. The molecule has 1 aromatic rings. The smallest absolute Gasteiger partial charge is 0.141 e. The molecule has 2 heteroatoms. The zero-order valence-corrected chi connectivity index (χ0v) is 9.24. The molecule has 2 nitrogen and oxygen atoms in total. The molecule has 0 aromatic heterocycles. The largest absolute Gasteiger partial charge is 0.505 e. The highest BCUT2D eigenvalue weighted by Gasteiger charge is 2.22. The number of phenols is 1. The minimum absolute atomic E-state index is 0.303. The quantitative estimate of drug-likeness (QED) is 0.546. The Morgan fingerprint density at radius 3 is 2.53 bits per heavy atom. The highest BCUT2D eigenvalue weighted by molar-refractivity contribution is 5.56. The van der Waals surface area contributed by atoms with E-state index in [1.54, 1.807) is 6.07 Å². The van der Waals surface area contributed by atoms with Gasteiger partial charge in [-0.1, -0.05) is 31.9 Å². The first-order chi connectivity index (χ1) is 7.18. The molecule has 0 unspecified atom stereocenters. The number of nitrogen functional groups attached to an aromatic ring is 1. The van der Waals surface area contributed by atoms with Gasteiger partial charge >= 0.3 is 0 Å². The molecule has 3 N–H and O–H groups in total. The second-order valence-corrected chi connectivity index (χ2v) is 4.74. The van der Waals surface area contributed by atoms with Gasteiger partial charge in [-0.05, 0) is 36.3 Å². The Hall–Kier alpha value is -1.18. The van der Waals surface area contributed by atoms with Crippen molar-refractivity contribution in [1.29, 1.82) is 0 Å². The molecule has 1 saturated carbocycles. The van der Waals surface area contributed by atoms with Gasteiger partial charge in [0.15, 0.2) is 0 Å². The third-order valence-corrected chi connectivity index (χ3v) is 3.55. The van der Waals surface area contributed by atoms with Crippen LogP contribution in [0.1, 0.15) is 44.1 Å². The molecule has 0 atom stereocenters. The van der Waals surface area contributed by atoms with Gasteiger partial charge < -0.3 is 10.8 Å². The number of aromatic hydroxyl groups is 1. The van der Waals surface area contributed by atoms with Crippen molar-refractivity contribution in [2.45, 2.75) is 38.5 Å². The summed E-state index contributed by atoms with van der Waals surface area (Å²) in [6.45, 7) is 2.30. The van der Waals surface area contributed by atoms with E-state index in [1.165, 1.54) is 25.7 Å². The summed E-state index contributed by atoms with van der Waals surface area (Å²) in [6, 6.07) is 5.69. The van der Waals surface area contributed by atoms with Crippen molar-refractivity contribution in [3.63, 3.8) is 0 Å². The van der Waals surface area contributed by atoms with Crippen LogP contribution in [-0.2, 0) is 0 Å². The molecule has 82 valence electrons. The number of phenolic OH excluding ortho intramolecular Hbond substituents is 1. The van der Waals surface area contributed by atoms with Crippen LogP contribution < -0.4 is 5.73 Å². The lowest BCUT2D eigenvalue weighted by atomic mass is 9.79. The topological polar surface area (TPSA) is 46.2 Å². The molecule has 0 spiro atoms. The summed E-state index contributed by atoms with van der Waals surface area (Å²) < 4.78 is 0. The fourth-order valence-electron chi connectivity index (χ4n) is 2.48. The average Bonchev–Trinajstić information content (AvgIpc) is 2.24. The lowest BCUT2D eigenvalue weighted by Crippen LogP contribution is -2.11. The number of hydrogen-bond donors (Lipinski definition) is 2. The molecule has 0 aliphatic heterocycles. The van der Waals surface area contributed by atoms with Gasteiger partial charge in [-0.3, -0.25) is 0 Å². The van der Waals surface area contributed by atoms with Crippen LogP contribution >= 0.6 is 0 Å². The SMILES string of the molecule is CC1CCC(c2cccc(N)c2O)CC1. The minimum atomic E-state index is 0.303. The molecule has 0 bridgehead atoms. The molecule has 1 aliphatic rings. The van der Waals surface area contributed by atoms with Gasteiger partial charge in [-0.25, -0.2) is 0 Å². The first kappa shape index (κ1) is 10.3. The van der Waals surface area contributed by atoms with E-state index in [9.17, 15) is 5.11 Å². The average molecular weight is 205 g/mol. The third kappa shape index (κ3) is 2.09. The molecule has 0 heterocycles. The van der Waals surface area contributed by atoms with Crippen LogP contribution in [0.4, 0.5) is 5.69 Å². The predicted molar refractivity (Wildman–Crippen MR) is 62.9 cm³/mol. The highest BCUT2D eigenvalue weighted by Crippen LogP contribution is 2.40. The number of anilines is 1. The van der Waals surface area contributed by atoms with Crippen LogP contribution in [0.3, 0.4) is 0 Å². The molecule has 0 radical (unpaired) electrons. The minimum Gasteiger partial charge on any atom is -0.505 e. The Kier molecular flexibility index (Phi) is 2.85. The standard InChI is InChI=1S/C13H19NO/c1-9-5-7-10(8-6-9)11-3-2-4-12(14)13(11)15/h2-4,9-10,15H,5-8,14H2,1H3. The monoisotopic (exact) mass is 205 g/mol. The summed E-state index contributed by atoms with van der Waals surface area (Å²) in [5.41, 5.74) is 7.25. The van der Waals surface area contributed by atoms with Crippen molar-refractivity contribution in [1.82, 2.24) is 0 Å². The van der Waals surface area contributed by atoms with Crippen LogP contribution in [0.25, 0.3) is 0 Å². The number of rotatable bonds is 1. The second kappa shape index (κ2) is 4.13. The Balaban J connectivity index is 2.19. The second-order valence-electron chi connectivity index (χ2n) is 4.74. The molecule has 0 saturated heterocycles. The van der Waals surface area contributed by atoms with E-state index in [1.807, 2.05) is 12.1 Å². The molecule has 1 aromatic carbocycles. The molecule has 2 rings (SSSR count). The van der Waals surface area contributed by atoms with Crippen molar-refractivity contribution in [2.75, 3.05) is 5.73 Å². The molecule has 0 amide bonds. The van der Waals surface area contributed by atoms with Gasteiger partial charge in [0.25, 0.3) is 0 Å². The predicted octanol–water partition coefficient (Wildman–Crippen LogP) is 3.27. The van der Waals surface area contributed by atoms with E-state index in [2.05, 4.69) is 6.92 Å². The normalized spacial score (nSPS) is 26.5. The fourth-order valence-corrected chi connectivity index (χ4v) is 2.48. The number of nitrogens with two attached hydrogens (primary N) is 1. The Labute approximate surface area is 91.1 Å². The molecule has 15 heavy (non-hydrogen) atoms. The maximum absolute atomic E-state index is 9.89. The van der Waals surface area contributed by atoms with E-state index in [-0.39, 0.29) is 0 Å². The summed E-state index contributed by atoms with van der Waals surface area (Å²) in [4.78, 5) is 0. The van der Waals surface area contributed by atoms with Gasteiger partial charge in [0.1, 0.15) is 5.75 Å². The van der Waals surface area contributed by atoms with Gasteiger partial charge in [-0.2, -0.15) is 0 Å². The summed E-state index contributed by atoms with van der Waals surface area (Å²) in [5.74, 6) is 1.64. The molecule has 1 aliphatic carbocycles. The van der Waals surface area contributed by atoms with E-state index in [4.69, 9.17) is 5.73 Å². The number of para-hydroxylation sites is 1. The molecular weight excluding hydrogens is 186 g/mol. The van der Waals surface area contributed by atoms with Gasteiger partial charge in [0, 0.05) is 0 Å². The Morgan fingerprint density at radius 1 is 1.20 bits per heavy atom. The van der Waals surface area contributed by atoms with Crippen molar-refractivity contribution in [3.8, 4) is 5.75 Å².